The molecule has 0 atom stereocenters. The zero-order chi connectivity index (χ0) is 8.08. The minimum atomic E-state index is -4.67. The Kier molecular flexibility index (Phi) is 14.4. The largest absolute Gasteiger partial charge is 0 e. The number of hydrogen-bond acceptors (Lipinski definition) is 2. The van der Waals surface area contributed by atoms with Crippen LogP contribution < -0.4 is 0 Å². The summed E-state index contributed by atoms with van der Waals surface area (Å²) < 4.78 is 31.6. The van der Waals surface area contributed by atoms with Gasteiger partial charge in [-0.05, 0) is 0 Å². The van der Waals surface area contributed by atoms with E-state index in [9.17, 15) is 0 Å². The summed E-state index contributed by atoms with van der Waals surface area (Å²) in [7, 11) is 10.0. The van der Waals surface area contributed by atoms with Gasteiger partial charge in [-0.3, -0.25) is 9.11 Å². The molecule has 0 saturated heterocycles. The van der Waals surface area contributed by atoms with Crippen LogP contribution in [-0.4, -0.2) is 17.5 Å². The number of halogens is 4. The maximum absolute atomic E-state index is 8.74. The second kappa shape index (κ2) is 8.29. The van der Waals surface area contributed by atoms with E-state index < -0.39 is 21.6 Å². The summed E-state index contributed by atoms with van der Waals surface area (Å²) in [5.41, 5.74) is 0. The van der Waals surface area contributed by atoms with Crippen molar-refractivity contribution in [2.24, 2.45) is 0 Å². The Labute approximate surface area is 74.0 Å². The summed E-state index contributed by atoms with van der Waals surface area (Å²) in [6, 6.07) is 0. The van der Waals surface area contributed by atoms with E-state index in [0.29, 0.717) is 0 Å². The van der Waals surface area contributed by atoms with Crippen molar-refractivity contribution in [1.82, 2.24) is 0 Å². The van der Waals surface area contributed by atoms with Crippen molar-refractivity contribution in [2.45, 2.75) is 0 Å². The molecular formula is H2Cl3FFeO4S. The molecule has 0 bridgehead atoms. The van der Waals surface area contributed by atoms with E-state index in [1.807, 2.05) is 0 Å². The fourth-order valence-electron chi connectivity index (χ4n) is 0. The molecule has 0 unspecified atom stereocenters. The minimum absolute atomic E-state index is 0. The van der Waals surface area contributed by atoms with Gasteiger partial charge in [0.1, 0.15) is 0 Å². The molecule has 1 radical (unpaired) electrons. The van der Waals surface area contributed by atoms with Crippen LogP contribution in [0, 0.1) is 0 Å². The number of rotatable bonds is 0. The molecule has 0 aromatic carbocycles. The van der Waals surface area contributed by atoms with Crippen LogP contribution in [0.1, 0.15) is 0 Å². The molecule has 0 aliphatic rings. The summed E-state index contributed by atoms with van der Waals surface area (Å²) in [5.74, 6) is 0. The molecule has 68 valence electrons. The van der Waals surface area contributed by atoms with Gasteiger partial charge in [-0.25, -0.2) is 0 Å². The first-order valence-corrected chi connectivity index (χ1v) is 7.05. The van der Waals surface area contributed by atoms with Gasteiger partial charge in [0.25, 0.3) is 0 Å². The quantitative estimate of drug-likeness (QED) is 0.524. The monoisotopic (exact) mass is 278 g/mol. The van der Waals surface area contributed by atoms with Crippen LogP contribution in [0.5, 0.6) is 0 Å². The zero-order valence-electron chi connectivity index (χ0n) is 3.98. The summed E-state index contributed by atoms with van der Waals surface area (Å²) in [5, 5.41) is 0. The molecule has 0 fully saturated rings. The maximum Gasteiger partial charge on any atom is 0 e. The molecule has 10 heteroatoms. The summed E-state index contributed by atoms with van der Waals surface area (Å²) in [6.45, 7) is 0. The summed E-state index contributed by atoms with van der Waals surface area (Å²) in [4.78, 5) is 0. The zero-order valence-corrected chi connectivity index (χ0v) is 8.17. The first-order valence-electron chi connectivity index (χ1n) is 1.10. The topological polar surface area (TPSA) is 74.6 Å². The van der Waals surface area contributed by atoms with Crippen LogP contribution in [0.2, 0.25) is 0 Å². The third kappa shape index (κ3) is 436. The second-order valence-corrected chi connectivity index (χ2v) is 6.97. The molecule has 0 rings (SSSR count). The molecule has 10 heavy (non-hydrogen) atoms. The van der Waals surface area contributed by atoms with E-state index in [4.69, 9.17) is 47.8 Å². The molecule has 0 saturated carbocycles. The summed E-state index contributed by atoms with van der Waals surface area (Å²) in [6.07, 6.45) is 0. The minimum Gasteiger partial charge on any atom is 0 e. The van der Waals surface area contributed by atoms with Gasteiger partial charge in [0.2, 0.25) is 0 Å². The fourth-order valence-corrected chi connectivity index (χ4v) is 0. The number of hydrogen-bond donors (Lipinski definition) is 2. The summed E-state index contributed by atoms with van der Waals surface area (Å²) >= 11 is -1.33. The molecule has 2 N–H and O–H groups in total. The van der Waals surface area contributed by atoms with Crippen LogP contribution in [0.3, 0.4) is 0 Å². The average molecular weight is 279 g/mol. The van der Waals surface area contributed by atoms with Gasteiger partial charge >= 0.3 is 51.9 Å². The van der Waals surface area contributed by atoms with Crippen molar-refractivity contribution in [3.63, 3.8) is 0 Å². The Morgan fingerprint density at radius 3 is 1.10 bits per heavy atom. The Morgan fingerprint density at radius 1 is 1.10 bits per heavy atom. The average Bonchev–Trinajstić information content (AvgIpc) is 1.19. The van der Waals surface area contributed by atoms with E-state index >= 15 is 0 Å². The van der Waals surface area contributed by atoms with Crippen molar-refractivity contribution < 1.29 is 33.4 Å². The van der Waals surface area contributed by atoms with E-state index in [2.05, 4.69) is 0 Å². The van der Waals surface area contributed by atoms with Crippen molar-refractivity contribution in [1.29, 1.82) is 0 Å². The van der Waals surface area contributed by atoms with Crippen molar-refractivity contribution in [2.75, 3.05) is 0 Å². The standard InChI is InChI=1S/3ClH.F.Fe.H2O4S/c;;;;;1-5(2,3)4/h3*1H;;;(H2,1,2,3,4)/q;;;;+3;/p-3. The van der Waals surface area contributed by atoms with E-state index in [1.165, 1.54) is 0 Å². The van der Waals surface area contributed by atoms with Crippen molar-refractivity contribution in [3.8, 4) is 0 Å². The van der Waals surface area contributed by atoms with Gasteiger partial charge < -0.3 is 0 Å². The second-order valence-electron chi connectivity index (χ2n) is 0.599. The van der Waals surface area contributed by atoms with Crippen molar-refractivity contribution >= 4 is 40.7 Å². The fraction of sp³-hybridized carbons (Fsp3) is 0. The van der Waals surface area contributed by atoms with Gasteiger partial charge in [0.15, 0.2) is 0 Å². The van der Waals surface area contributed by atoms with Gasteiger partial charge in [-0.2, -0.15) is 8.42 Å². The Balaban J connectivity index is -0.0000000910. The van der Waals surface area contributed by atoms with Crippen LogP contribution in [0.15, 0.2) is 0 Å². The van der Waals surface area contributed by atoms with Gasteiger partial charge in [0, 0.05) is 4.70 Å². The normalized spacial score (nSPS) is 10.3. The third-order valence-corrected chi connectivity index (χ3v) is 0. The first-order chi connectivity index (χ1) is 3.73. The van der Waals surface area contributed by atoms with Crippen LogP contribution in [-0.2, 0) is 21.6 Å². The van der Waals surface area contributed by atoms with Crippen LogP contribution in [0.25, 0.3) is 0 Å². The molecule has 4 nitrogen and oxygen atoms in total. The molecule has 0 spiro atoms. The Morgan fingerprint density at radius 2 is 1.10 bits per heavy atom. The van der Waals surface area contributed by atoms with Gasteiger partial charge in [-0.1, -0.05) is 0 Å². The van der Waals surface area contributed by atoms with Crippen LogP contribution in [0.4, 0.5) is 4.70 Å². The SMILES string of the molecule is O=S(=O)(O)O.[Cl][Fe]([Cl])[Cl].[F]. The van der Waals surface area contributed by atoms with Crippen LogP contribution >= 0.6 is 30.3 Å². The molecule has 0 heterocycles. The third-order valence-electron chi connectivity index (χ3n) is 0. The molecule has 0 aromatic rings. The van der Waals surface area contributed by atoms with Crippen molar-refractivity contribution in [3.05, 3.63) is 0 Å². The van der Waals surface area contributed by atoms with E-state index in [0.717, 1.165) is 0 Å². The smallest absolute Gasteiger partial charge is 0 e. The predicted octanol–water partition coefficient (Wildman–Crippen LogP) is 1.83. The van der Waals surface area contributed by atoms with E-state index in [-0.39, 0.29) is 4.70 Å². The molecule has 0 amide bonds. The first kappa shape index (κ1) is 17.3. The molecular weight excluding hydrogens is 277 g/mol. The predicted molar refractivity (Wildman–Crippen MR) is 32.8 cm³/mol. The maximum atomic E-state index is 8.74. The van der Waals surface area contributed by atoms with Gasteiger partial charge in [-0.15, -0.1) is 0 Å². The molecule has 0 aliphatic carbocycles. The molecule has 0 aliphatic heterocycles. The Hall–Kier alpha value is 1.19. The van der Waals surface area contributed by atoms with Gasteiger partial charge in [0.05, 0.1) is 0 Å². The van der Waals surface area contributed by atoms with E-state index in [1.54, 1.807) is 0 Å². The Bertz CT molecular complexity index is 132. The molecule has 0 aromatic heterocycles.